The van der Waals surface area contributed by atoms with E-state index in [0.717, 1.165) is 6.54 Å². The summed E-state index contributed by atoms with van der Waals surface area (Å²) < 4.78 is 0. The molecule has 0 saturated heterocycles. The minimum Gasteiger partial charge on any atom is -0.307 e. The van der Waals surface area contributed by atoms with Crippen LogP contribution in [0.5, 0.6) is 0 Å². The van der Waals surface area contributed by atoms with Gasteiger partial charge in [0.05, 0.1) is 6.04 Å². The molecule has 2 aromatic rings. The summed E-state index contributed by atoms with van der Waals surface area (Å²) >= 11 is 0. The summed E-state index contributed by atoms with van der Waals surface area (Å²) in [6.45, 7) is 7.45. The first-order valence-electron chi connectivity index (χ1n) is 6.58. The molecule has 0 bridgehead atoms. The molecule has 0 aliphatic rings. The van der Waals surface area contributed by atoms with Crippen LogP contribution in [0.25, 0.3) is 0 Å². The van der Waals surface area contributed by atoms with Crippen LogP contribution in [0.4, 0.5) is 0 Å². The van der Waals surface area contributed by atoms with Gasteiger partial charge in [-0.25, -0.2) is 0 Å². The third-order valence-electron chi connectivity index (χ3n) is 3.29. The topological polar surface area (TPSA) is 12.0 Å². The van der Waals surface area contributed by atoms with Gasteiger partial charge in [0.1, 0.15) is 0 Å². The second-order valence-corrected chi connectivity index (χ2v) is 4.76. The Balaban J connectivity index is 2.44. The van der Waals surface area contributed by atoms with Gasteiger partial charge in [-0.2, -0.15) is 0 Å². The van der Waals surface area contributed by atoms with Gasteiger partial charge >= 0.3 is 0 Å². The Morgan fingerprint density at radius 1 is 1.00 bits per heavy atom. The van der Waals surface area contributed by atoms with Gasteiger partial charge in [-0.3, -0.25) is 0 Å². The van der Waals surface area contributed by atoms with Gasteiger partial charge in [-0.1, -0.05) is 61.0 Å². The van der Waals surface area contributed by atoms with Gasteiger partial charge in [0.25, 0.3) is 0 Å². The monoisotopic (exact) mass is 239 g/mol. The largest absolute Gasteiger partial charge is 0.307 e. The normalized spacial score (nSPS) is 12.4. The van der Waals surface area contributed by atoms with Crippen LogP contribution in [-0.2, 0) is 0 Å². The average Bonchev–Trinajstić information content (AvgIpc) is 2.40. The molecule has 94 valence electrons. The molecule has 0 fully saturated rings. The van der Waals surface area contributed by atoms with E-state index in [0.29, 0.717) is 0 Å². The molecule has 0 radical (unpaired) electrons. The highest BCUT2D eigenvalue weighted by molar-refractivity contribution is 5.39. The highest BCUT2D eigenvalue weighted by Gasteiger charge is 2.14. The third-order valence-corrected chi connectivity index (χ3v) is 3.29. The quantitative estimate of drug-likeness (QED) is 0.850. The standard InChI is InChI=1S/C17H21N/c1-4-18-17(15-8-6-5-7-9-15)16-12-13(2)10-11-14(16)3/h5-12,17-18H,4H2,1-3H3. The highest BCUT2D eigenvalue weighted by atomic mass is 14.9. The molecule has 1 unspecified atom stereocenters. The van der Waals surface area contributed by atoms with E-state index in [-0.39, 0.29) is 6.04 Å². The van der Waals surface area contributed by atoms with Crippen LogP contribution in [0.3, 0.4) is 0 Å². The molecule has 0 spiro atoms. The molecule has 1 N–H and O–H groups in total. The lowest BCUT2D eigenvalue weighted by atomic mass is 9.93. The van der Waals surface area contributed by atoms with Crippen LogP contribution in [0.2, 0.25) is 0 Å². The molecular formula is C17H21N. The first-order chi connectivity index (χ1) is 8.72. The first-order valence-corrected chi connectivity index (χ1v) is 6.58. The molecule has 0 aromatic heterocycles. The van der Waals surface area contributed by atoms with Crippen molar-refractivity contribution in [1.29, 1.82) is 0 Å². The first kappa shape index (κ1) is 12.8. The zero-order chi connectivity index (χ0) is 13.0. The van der Waals surface area contributed by atoms with Gasteiger partial charge in [0, 0.05) is 0 Å². The van der Waals surface area contributed by atoms with E-state index in [1.165, 1.54) is 22.3 Å². The van der Waals surface area contributed by atoms with Crippen LogP contribution in [0.1, 0.15) is 35.2 Å². The summed E-state index contributed by atoms with van der Waals surface area (Å²) in [5, 5.41) is 3.58. The molecule has 0 heterocycles. The second kappa shape index (κ2) is 5.83. The van der Waals surface area contributed by atoms with Crippen LogP contribution in [0, 0.1) is 13.8 Å². The van der Waals surface area contributed by atoms with Crippen LogP contribution in [-0.4, -0.2) is 6.54 Å². The molecule has 18 heavy (non-hydrogen) atoms. The second-order valence-electron chi connectivity index (χ2n) is 4.76. The van der Waals surface area contributed by atoms with Crippen LogP contribution in [0.15, 0.2) is 48.5 Å². The molecule has 1 nitrogen and oxygen atoms in total. The molecule has 0 amide bonds. The van der Waals surface area contributed by atoms with E-state index >= 15 is 0 Å². The number of nitrogens with one attached hydrogen (secondary N) is 1. The van der Waals surface area contributed by atoms with E-state index in [2.05, 4.69) is 74.6 Å². The smallest absolute Gasteiger partial charge is 0.0579 e. The summed E-state index contributed by atoms with van der Waals surface area (Å²) in [6.07, 6.45) is 0. The molecule has 1 atom stereocenters. The lowest BCUT2D eigenvalue weighted by Crippen LogP contribution is -2.22. The average molecular weight is 239 g/mol. The maximum Gasteiger partial charge on any atom is 0.0579 e. The van der Waals surface area contributed by atoms with Gasteiger partial charge in [-0.15, -0.1) is 0 Å². The van der Waals surface area contributed by atoms with Crippen LogP contribution >= 0.6 is 0 Å². The van der Waals surface area contributed by atoms with Crippen molar-refractivity contribution < 1.29 is 0 Å². The van der Waals surface area contributed by atoms with Crippen molar-refractivity contribution in [3.05, 3.63) is 70.8 Å². The van der Waals surface area contributed by atoms with E-state index in [9.17, 15) is 0 Å². The fraction of sp³-hybridized carbons (Fsp3) is 0.294. The van der Waals surface area contributed by atoms with Gasteiger partial charge in [-0.05, 0) is 37.1 Å². The van der Waals surface area contributed by atoms with Crippen molar-refractivity contribution in [2.24, 2.45) is 0 Å². The van der Waals surface area contributed by atoms with E-state index in [1.54, 1.807) is 0 Å². The Kier molecular flexibility index (Phi) is 4.16. The maximum atomic E-state index is 3.58. The van der Waals surface area contributed by atoms with Crippen molar-refractivity contribution in [3.63, 3.8) is 0 Å². The lowest BCUT2D eigenvalue weighted by molar-refractivity contribution is 0.627. The number of aryl methyl sites for hydroxylation is 2. The van der Waals surface area contributed by atoms with Crippen molar-refractivity contribution in [2.45, 2.75) is 26.8 Å². The SMILES string of the molecule is CCNC(c1ccccc1)c1cc(C)ccc1C. The number of hydrogen-bond donors (Lipinski definition) is 1. The third kappa shape index (κ3) is 2.80. The predicted octanol–water partition coefficient (Wildman–Crippen LogP) is 4.00. The molecule has 0 aliphatic carbocycles. The van der Waals surface area contributed by atoms with Crippen LogP contribution < -0.4 is 5.32 Å². The van der Waals surface area contributed by atoms with E-state index in [4.69, 9.17) is 0 Å². The molecule has 1 heteroatoms. The van der Waals surface area contributed by atoms with Gasteiger partial charge < -0.3 is 5.32 Å². The van der Waals surface area contributed by atoms with Gasteiger partial charge in [0.15, 0.2) is 0 Å². The van der Waals surface area contributed by atoms with E-state index < -0.39 is 0 Å². The Bertz CT molecular complexity index is 502. The predicted molar refractivity (Wildman–Crippen MR) is 77.9 cm³/mol. The van der Waals surface area contributed by atoms with Crippen molar-refractivity contribution >= 4 is 0 Å². The number of hydrogen-bond acceptors (Lipinski definition) is 1. The Labute approximate surface area is 110 Å². The molecule has 0 aliphatic heterocycles. The summed E-state index contributed by atoms with van der Waals surface area (Å²) in [4.78, 5) is 0. The lowest BCUT2D eigenvalue weighted by Gasteiger charge is -2.21. The van der Waals surface area contributed by atoms with Crippen molar-refractivity contribution in [2.75, 3.05) is 6.54 Å². The zero-order valence-electron chi connectivity index (χ0n) is 11.4. The summed E-state index contributed by atoms with van der Waals surface area (Å²) in [7, 11) is 0. The fourth-order valence-corrected chi connectivity index (χ4v) is 2.33. The van der Waals surface area contributed by atoms with Crippen molar-refractivity contribution in [1.82, 2.24) is 5.32 Å². The highest BCUT2D eigenvalue weighted by Crippen LogP contribution is 2.25. The summed E-state index contributed by atoms with van der Waals surface area (Å²) in [6, 6.07) is 17.6. The maximum absolute atomic E-state index is 3.58. The number of rotatable bonds is 4. The van der Waals surface area contributed by atoms with E-state index in [1.807, 2.05) is 0 Å². The Morgan fingerprint density at radius 3 is 2.39 bits per heavy atom. The summed E-state index contributed by atoms with van der Waals surface area (Å²) in [5.74, 6) is 0. The molecule has 0 saturated carbocycles. The van der Waals surface area contributed by atoms with Gasteiger partial charge in [0.2, 0.25) is 0 Å². The minimum atomic E-state index is 0.288. The molecular weight excluding hydrogens is 218 g/mol. The molecule has 2 aromatic carbocycles. The summed E-state index contributed by atoms with van der Waals surface area (Å²) in [5.41, 5.74) is 5.36. The number of benzene rings is 2. The Hall–Kier alpha value is -1.60. The Morgan fingerprint density at radius 2 is 1.72 bits per heavy atom. The van der Waals surface area contributed by atoms with Crippen molar-refractivity contribution in [3.8, 4) is 0 Å². The molecule has 2 rings (SSSR count). The minimum absolute atomic E-state index is 0.288. The zero-order valence-corrected chi connectivity index (χ0v) is 11.4. The fourth-order valence-electron chi connectivity index (χ4n) is 2.33.